The number of benzene rings is 1. The zero-order chi connectivity index (χ0) is 35.1. The molecule has 8 atom stereocenters. The molecule has 2 saturated carbocycles. The minimum absolute atomic E-state index is 0.0494. The smallest absolute Gasteiger partial charge is 0.253 e. The summed E-state index contributed by atoms with van der Waals surface area (Å²) in [5.74, 6) is 3.00. The standard InChI is InChI=1S/C40H55N9O2/c1-26(49-32(24-41)23-33-27(2)36(33)49)25-42-16-15-40(39-43-45-46-44-39)34-13-11-30(37(50)47-17-5-3-6-18-47)21-28(34)9-10-29-22-31(12-14-35(29)40)38(51)48-19-7-4-8-20-48/h11,13,21,27,29,31-33,35-36,42H,1,3-10,12,14-20,22-23,25H2,2H3,(H,43,44,45,46)/t27-,29-,31?,32?,33+,35?,36-,40-/m0/s1. The zero-order valence-electron chi connectivity index (χ0n) is 30.4. The minimum Gasteiger partial charge on any atom is -0.355 e. The maximum absolute atomic E-state index is 13.9. The Bertz CT molecular complexity index is 1640. The van der Waals surface area contributed by atoms with Gasteiger partial charge in [0.1, 0.15) is 6.04 Å². The van der Waals surface area contributed by atoms with Crippen LogP contribution in [0.4, 0.5) is 0 Å². The van der Waals surface area contributed by atoms with Gasteiger partial charge >= 0.3 is 0 Å². The molecule has 2 amide bonds. The fourth-order valence-corrected chi connectivity index (χ4v) is 11.2. The third-order valence-corrected chi connectivity index (χ3v) is 13.8. The largest absolute Gasteiger partial charge is 0.355 e. The molecule has 3 unspecified atom stereocenters. The van der Waals surface area contributed by atoms with Gasteiger partial charge in [-0.1, -0.05) is 24.8 Å². The molecule has 3 aliphatic carbocycles. The number of likely N-dealkylation sites (tertiary alicyclic amines) is 3. The molecule has 11 heteroatoms. The topological polar surface area (TPSA) is 134 Å². The molecular formula is C40H55N9O2. The summed E-state index contributed by atoms with van der Waals surface area (Å²) in [4.78, 5) is 34.0. The maximum Gasteiger partial charge on any atom is 0.253 e. The number of hydrogen-bond donors (Lipinski definition) is 2. The van der Waals surface area contributed by atoms with E-state index < -0.39 is 5.41 Å². The van der Waals surface area contributed by atoms with Crippen molar-refractivity contribution in [1.29, 1.82) is 5.26 Å². The summed E-state index contributed by atoms with van der Waals surface area (Å²) >= 11 is 0. The van der Waals surface area contributed by atoms with Gasteiger partial charge in [-0.2, -0.15) is 10.5 Å². The SMILES string of the molecule is C=C(CNCC[C@]1(c2nn[nH]n2)c2ccc(C(=O)N3CCCCC3)cc2CC[C@H]2CC(C(=O)N3CCCCC3)CCC21)N1C(C#N)C[C@@H]2[C@H](C)[C@@H]21. The lowest BCUT2D eigenvalue weighted by Crippen LogP contribution is -2.48. The first kappa shape index (κ1) is 34.3. The Morgan fingerprint density at radius 1 is 1.04 bits per heavy atom. The molecule has 3 aliphatic heterocycles. The normalized spacial score (nSPS) is 33.0. The van der Waals surface area contributed by atoms with E-state index in [2.05, 4.69) is 62.3 Å². The molecule has 2 aromatic rings. The number of nitrogens with zero attached hydrogens (tertiary/aromatic N) is 7. The number of amides is 2. The van der Waals surface area contributed by atoms with Gasteiger partial charge in [-0.15, -0.1) is 10.2 Å². The fourth-order valence-electron chi connectivity index (χ4n) is 11.2. The van der Waals surface area contributed by atoms with Crippen molar-refractivity contribution >= 4 is 11.8 Å². The van der Waals surface area contributed by atoms with Gasteiger partial charge in [-0.25, -0.2) is 0 Å². The predicted molar refractivity (Wildman–Crippen MR) is 193 cm³/mol. The quantitative estimate of drug-likeness (QED) is 0.357. The molecule has 0 spiro atoms. The van der Waals surface area contributed by atoms with Crippen LogP contribution in [0.2, 0.25) is 0 Å². The number of rotatable bonds is 9. The van der Waals surface area contributed by atoms with E-state index >= 15 is 0 Å². The number of hydrogen-bond acceptors (Lipinski definition) is 8. The molecule has 272 valence electrons. The lowest BCUT2D eigenvalue weighted by atomic mass is 9.57. The highest BCUT2D eigenvalue weighted by atomic mass is 16.2. The molecule has 0 radical (unpaired) electrons. The van der Waals surface area contributed by atoms with Crippen LogP contribution in [0.15, 0.2) is 30.5 Å². The van der Waals surface area contributed by atoms with Crippen LogP contribution in [-0.4, -0.2) is 98.5 Å². The van der Waals surface area contributed by atoms with Gasteiger partial charge in [0.15, 0.2) is 5.82 Å². The Morgan fingerprint density at radius 3 is 2.53 bits per heavy atom. The number of fused-ring (bicyclic) bond motifs is 3. The molecule has 51 heavy (non-hydrogen) atoms. The van der Waals surface area contributed by atoms with Crippen LogP contribution in [0.5, 0.6) is 0 Å². The predicted octanol–water partition coefficient (Wildman–Crippen LogP) is 4.83. The number of aryl methyl sites for hydroxylation is 1. The second-order valence-corrected chi connectivity index (χ2v) is 16.5. The van der Waals surface area contributed by atoms with Gasteiger partial charge in [0, 0.05) is 55.9 Å². The van der Waals surface area contributed by atoms with E-state index in [0.29, 0.717) is 48.6 Å². The Labute approximate surface area is 302 Å². The number of H-pyrrole nitrogens is 1. The number of piperidine rings is 3. The Kier molecular flexibility index (Phi) is 9.64. The van der Waals surface area contributed by atoms with Gasteiger partial charge in [0.25, 0.3) is 5.91 Å². The van der Waals surface area contributed by atoms with Crippen LogP contribution in [0.3, 0.4) is 0 Å². The Balaban J connectivity index is 1.09. The van der Waals surface area contributed by atoms with E-state index in [9.17, 15) is 14.9 Å². The summed E-state index contributed by atoms with van der Waals surface area (Å²) < 4.78 is 0. The molecule has 1 aromatic heterocycles. The van der Waals surface area contributed by atoms with E-state index in [4.69, 9.17) is 5.10 Å². The van der Waals surface area contributed by atoms with Crippen molar-refractivity contribution in [3.05, 3.63) is 53.0 Å². The van der Waals surface area contributed by atoms with Gasteiger partial charge in [-0.05, 0) is 137 Å². The van der Waals surface area contributed by atoms with Gasteiger partial charge in [-0.3, -0.25) is 9.59 Å². The molecule has 6 aliphatic rings. The number of aromatic nitrogens is 4. The van der Waals surface area contributed by atoms with Crippen molar-refractivity contribution in [1.82, 2.24) is 40.6 Å². The van der Waals surface area contributed by atoms with Gasteiger partial charge in [0.05, 0.1) is 11.5 Å². The highest BCUT2D eigenvalue weighted by Crippen LogP contribution is 2.55. The molecule has 5 fully saturated rings. The molecule has 8 rings (SSSR count). The first-order valence-electron chi connectivity index (χ1n) is 19.9. The van der Waals surface area contributed by atoms with Crippen LogP contribution in [-0.2, 0) is 16.6 Å². The highest BCUT2D eigenvalue weighted by molar-refractivity contribution is 5.94. The second-order valence-electron chi connectivity index (χ2n) is 16.5. The molecule has 11 nitrogen and oxygen atoms in total. The summed E-state index contributed by atoms with van der Waals surface area (Å²) in [6.45, 7) is 11.5. The molecule has 1 aromatic carbocycles. The molecule has 2 N–H and O–H groups in total. The van der Waals surface area contributed by atoms with Crippen molar-refractivity contribution < 1.29 is 9.59 Å². The first-order valence-corrected chi connectivity index (χ1v) is 19.9. The van der Waals surface area contributed by atoms with E-state index in [1.165, 1.54) is 24.0 Å². The van der Waals surface area contributed by atoms with Crippen LogP contribution in [0.1, 0.15) is 111 Å². The molecule has 4 heterocycles. The van der Waals surface area contributed by atoms with E-state index in [0.717, 1.165) is 108 Å². The van der Waals surface area contributed by atoms with E-state index in [1.807, 2.05) is 11.0 Å². The first-order chi connectivity index (χ1) is 24.9. The third kappa shape index (κ3) is 6.25. The fraction of sp³-hybridized carbons (Fsp3) is 0.700. The van der Waals surface area contributed by atoms with Crippen LogP contribution in [0.25, 0.3) is 0 Å². The number of carbonyl (C=O) groups excluding carboxylic acids is 2. The lowest BCUT2D eigenvalue weighted by molar-refractivity contribution is -0.139. The summed E-state index contributed by atoms with van der Waals surface area (Å²) in [7, 11) is 0. The van der Waals surface area contributed by atoms with Crippen molar-refractivity contribution in [3.63, 3.8) is 0 Å². The zero-order valence-corrected chi connectivity index (χ0v) is 30.4. The van der Waals surface area contributed by atoms with Crippen molar-refractivity contribution in [2.45, 2.75) is 108 Å². The summed E-state index contributed by atoms with van der Waals surface area (Å²) in [5, 5.41) is 30.0. The average Bonchev–Trinajstić information content (AvgIpc) is 3.51. The number of tetrazole rings is 1. The average molecular weight is 694 g/mol. The highest BCUT2D eigenvalue weighted by Gasteiger charge is 2.59. The number of aromatic amines is 1. The summed E-state index contributed by atoms with van der Waals surface area (Å²) in [5.41, 5.74) is 3.61. The van der Waals surface area contributed by atoms with Crippen LogP contribution >= 0.6 is 0 Å². The van der Waals surface area contributed by atoms with Crippen molar-refractivity contribution in [2.75, 3.05) is 39.3 Å². The van der Waals surface area contributed by atoms with Gasteiger partial charge in [0.2, 0.25) is 5.91 Å². The summed E-state index contributed by atoms with van der Waals surface area (Å²) in [6.07, 6.45) is 12.9. The maximum atomic E-state index is 13.9. The second kappa shape index (κ2) is 14.3. The van der Waals surface area contributed by atoms with Crippen LogP contribution in [0, 0.1) is 40.9 Å². The Hall–Kier alpha value is -3.78. The number of nitrogens with one attached hydrogen (secondary N) is 2. The third-order valence-electron chi connectivity index (χ3n) is 13.8. The van der Waals surface area contributed by atoms with E-state index in [-0.39, 0.29) is 23.8 Å². The Morgan fingerprint density at radius 2 is 1.80 bits per heavy atom. The molecular weight excluding hydrogens is 639 g/mol. The number of nitriles is 1. The lowest BCUT2D eigenvalue weighted by Gasteiger charge is -2.46. The van der Waals surface area contributed by atoms with E-state index in [1.54, 1.807) is 0 Å². The number of carbonyl (C=O) groups is 2. The monoisotopic (exact) mass is 693 g/mol. The van der Waals surface area contributed by atoms with Crippen molar-refractivity contribution in [2.24, 2.45) is 29.6 Å². The minimum atomic E-state index is -0.539. The van der Waals surface area contributed by atoms with Gasteiger partial charge < -0.3 is 20.0 Å². The summed E-state index contributed by atoms with van der Waals surface area (Å²) in [6, 6.07) is 9.26. The molecule has 0 bridgehead atoms. The van der Waals surface area contributed by atoms with Crippen molar-refractivity contribution in [3.8, 4) is 6.07 Å². The van der Waals surface area contributed by atoms with Crippen LogP contribution < -0.4 is 5.32 Å². The molecule has 3 saturated heterocycles.